The van der Waals surface area contributed by atoms with Crippen LogP contribution in [-0.4, -0.2) is 25.8 Å². The van der Waals surface area contributed by atoms with Crippen LogP contribution in [0.15, 0.2) is 17.0 Å². The monoisotopic (exact) mass is 318 g/mol. The van der Waals surface area contributed by atoms with E-state index in [4.69, 9.17) is 5.73 Å². The summed E-state index contributed by atoms with van der Waals surface area (Å²) >= 11 is 0. The average Bonchev–Trinajstić information content (AvgIpc) is 2.47. The molecule has 0 aromatic heterocycles. The highest BCUT2D eigenvalue weighted by atomic mass is 32.2. The molecule has 0 radical (unpaired) electrons. The van der Waals surface area contributed by atoms with Gasteiger partial charge in [0.05, 0.1) is 0 Å². The quantitative estimate of drug-likeness (QED) is 0.926. The Bertz CT molecular complexity index is 612. The summed E-state index contributed by atoms with van der Waals surface area (Å²) in [6, 6.07) is 1.93. The number of hydrogen-bond donors (Lipinski definition) is 1. The van der Waals surface area contributed by atoms with Gasteiger partial charge in [0.25, 0.3) is 0 Å². The van der Waals surface area contributed by atoms with Crippen LogP contribution < -0.4 is 5.73 Å². The van der Waals surface area contributed by atoms with E-state index in [9.17, 15) is 17.2 Å². The molecular weight excluding hydrogens is 298 g/mol. The molecule has 4 nitrogen and oxygen atoms in total. The molecule has 0 saturated carbocycles. The molecule has 2 rings (SSSR count). The number of nitrogens with zero attached hydrogens (tertiary/aromatic N) is 1. The number of nitrogens with two attached hydrogens (primary N) is 1. The summed E-state index contributed by atoms with van der Waals surface area (Å²) in [7, 11) is -3.94. The van der Waals surface area contributed by atoms with Crippen LogP contribution in [0.4, 0.5) is 8.78 Å². The SMILES string of the molecule is CCC1CCN(S(=O)(=O)c2ccc(F)c(CN)c2F)CC1. The van der Waals surface area contributed by atoms with Crippen LogP contribution in [0, 0.1) is 17.6 Å². The highest BCUT2D eigenvalue weighted by Crippen LogP contribution is 2.28. The van der Waals surface area contributed by atoms with Crippen molar-refractivity contribution in [1.82, 2.24) is 4.31 Å². The summed E-state index contributed by atoms with van der Waals surface area (Å²) < 4.78 is 53.9. The minimum Gasteiger partial charge on any atom is -0.326 e. The van der Waals surface area contributed by atoms with Gasteiger partial charge in [-0.05, 0) is 30.9 Å². The molecule has 0 unspecified atom stereocenters. The lowest BCUT2D eigenvalue weighted by Crippen LogP contribution is -2.38. The van der Waals surface area contributed by atoms with E-state index in [1.807, 2.05) is 0 Å². The van der Waals surface area contributed by atoms with Crippen molar-refractivity contribution in [3.63, 3.8) is 0 Å². The van der Waals surface area contributed by atoms with E-state index in [1.54, 1.807) is 0 Å². The topological polar surface area (TPSA) is 63.4 Å². The molecule has 0 bridgehead atoms. The second-order valence-corrected chi connectivity index (χ2v) is 7.20. The van der Waals surface area contributed by atoms with Crippen LogP contribution in [0.25, 0.3) is 0 Å². The molecular formula is C14H20F2N2O2S. The Labute approximate surface area is 124 Å². The molecule has 1 fully saturated rings. The van der Waals surface area contributed by atoms with Gasteiger partial charge in [-0.1, -0.05) is 13.3 Å². The zero-order valence-electron chi connectivity index (χ0n) is 12.0. The Kier molecular flexibility index (Phi) is 4.95. The van der Waals surface area contributed by atoms with Gasteiger partial charge in [0.1, 0.15) is 10.7 Å². The highest BCUT2D eigenvalue weighted by Gasteiger charge is 2.32. The number of benzene rings is 1. The fourth-order valence-corrected chi connectivity index (χ4v) is 4.22. The molecule has 21 heavy (non-hydrogen) atoms. The normalized spacial score (nSPS) is 18.1. The highest BCUT2D eigenvalue weighted by molar-refractivity contribution is 7.89. The third-order valence-electron chi connectivity index (χ3n) is 4.12. The lowest BCUT2D eigenvalue weighted by atomic mass is 9.96. The number of piperidine rings is 1. The Morgan fingerprint density at radius 3 is 2.43 bits per heavy atom. The van der Waals surface area contributed by atoms with Gasteiger partial charge in [-0.2, -0.15) is 4.31 Å². The maximum absolute atomic E-state index is 14.2. The zero-order chi connectivity index (χ0) is 15.6. The first-order valence-electron chi connectivity index (χ1n) is 7.08. The van der Waals surface area contributed by atoms with Crippen molar-refractivity contribution in [1.29, 1.82) is 0 Å². The Hall–Kier alpha value is -1.05. The number of hydrogen-bond acceptors (Lipinski definition) is 3. The Morgan fingerprint density at radius 1 is 1.29 bits per heavy atom. The van der Waals surface area contributed by atoms with Crippen LogP contribution in [0.2, 0.25) is 0 Å². The Morgan fingerprint density at radius 2 is 1.90 bits per heavy atom. The van der Waals surface area contributed by atoms with Crippen LogP contribution in [-0.2, 0) is 16.6 Å². The number of halogens is 2. The lowest BCUT2D eigenvalue weighted by Gasteiger charge is -2.30. The number of rotatable bonds is 4. The fourth-order valence-electron chi connectivity index (χ4n) is 2.66. The van der Waals surface area contributed by atoms with Crippen LogP contribution in [0.1, 0.15) is 31.7 Å². The summed E-state index contributed by atoms with van der Waals surface area (Å²) in [6.07, 6.45) is 2.54. The fraction of sp³-hybridized carbons (Fsp3) is 0.571. The van der Waals surface area contributed by atoms with E-state index in [0.29, 0.717) is 19.0 Å². The smallest absolute Gasteiger partial charge is 0.245 e. The van der Waals surface area contributed by atoms with Gasteiger partial charge in [-0.25, -0.2) is 17.2 Å². The van der Waals surface area contributed by atoms with Crippen molar-refractivity contribution in [2.24, 2.45) is 11.7 Å². The van der Waals surface area contributed by atoms with Crippen LogP contribution in [0.5, 0.6) is 0 Å². The molecule has 0 amide bonds. The predicted molar refractivity (Wildman–Crippen MR) is 76.0 cm³/mol. The molecule has 0 atom stereocenters. The van der Waals surface area contributed by atoms with Crippen molar-refractivity contribution in [2.45, 2.75) is 37.6 Å². The van der Waals surface area contributed by atoms with E-state index >= 15 is 0 Å². The van der Waals surface area contributed by atoms with Gasteiger partial charge >= 0.3 is 0 Å². The first-order valence-corrected chi connectivity index (χ1v) is 8.52. The summed E-state index contributed by atoms with van der Waals surface area (Å²) in [4.78, 5) is -0.487. The van der Waals surface area contributed by atoms with Gasteiger partial charge in [-0.3, -0.25) is 0 Å². The molecule has 1 aromatic carbocycles. The Balaban J connectivity index is 2.33. The molecule has 1 aliphatic heterocycles. The molecule has 7 heteroatoms. The summed E-state index contributed by atoms with van der Waals surface area (Å²) in [5, 5.41) is 0. The largest absolute Gasteiger partial charge is 0.326 e. The maximum Gasteiger partial charge on any atom is 0.245 e. The van der Waals surface area contributed by atoms with Crippen molar-refractivity contribution in [3.05, 3.63) is 29.3 Å². The molecule has 1 saturated heterocycles. The third kappa shape index (κ3) is 3.09. The molecule has 0 spiro atoms. The van der Waals surface area contributed by atoms with Gasteiger partial charge < -0.3 is 5.73 Å². The predicted octanol–water partition coefficient (Wildman–Crippen LogP) is 2.23. The minimum atomic E-state index is -3.94. The van der Waals surface area contributed by atoms with E-state index in [-0.39, 0.29) is 12.1 Å². The molecule has 0 aliphatic carbocycles. The minimum absolute atomic E-state index is 0.371. The van der Waals surface area contributed by atoms with Gasteiger partial charge in [0.2, 0.25) is 10.0 Å². The molecule has 1 heterocycles. The van der Waals surface area contributed by atoms with E-state index < -0.39 is 26.6 Å². The molecule has 118 valence electrons. The van der Waals surface area contributed by atoms with E-state index in [2.05, 4.69) is 6.92 Å². The summed E-state index contributed by atoms with van der Waals surface area (Å²) in [5.74, 6) is -1.39. The third-order valence-corrected chi connectivity index (χ3v) is 6.04. The van der Waals surface area contributed by atoms with Crippen molar-refractivity contribution < 1.29 is 17.2 Å². The lowest BCUT2D eigenvalue weighted by molar-refractivity contribution is 0.268. The van der Waals surface area contributed by atoms with E-state index in [1.165, 1.54) is 4.31 Å². The van der Waals surface area contributed by atoms with E-state index in [0.717, 1.165) is 31.4 Å². The first kappa shape index (κ1) is 16.3. The molecule has 2 N–H and O–H groups in total. The molecule has 1 aliphatic rings. The maximum atomic E-state index is 14.2. The zero-order valence-corrected chi connectivity index (χ0v) is 12.8. The second kappa shape index (κ2) is 6.37. The first-order chi connectivity index (χ1) is 9.91. The molecule has 1 aromatic rings. The van der Waals surface area contributed by atoms with Crippen LogP contribution >= 0.6 is 0 Å². The van der Waals surface area contributed by atoms with Crippen molar-refractivity contribution >= 4 is 10.0 Å². The average molecular weight is 318 g/mol. The standard InChI is InChI=1S/C14H20F2N2O2S/c1-2-10-5-7-18(8-6-10)21(19,20)13-4-3-12(15)11(9-17)14(13)16/h3-4,10H,2,5-9,17H2,1H3. The van der Waals surface area contributed by atoms with Gasteiger partial charge in [-0.15, -0.1) is 0 Å². The van der Waals surface area contributed by atoms with Crippen molar-refractivity contribution in [3.8, 4) is 0 Å². The number of sulfonamides is 1. The van der Waals surface area contributed by atoms with Gasteiger partial charge in [0, 0.05) is 25.2 Å². The van der Waals surface area contributed by atoms with Gasteiger partial charge in [0.15, 0.2) is 5.82 Å². The second-order valence-electron chi connectivity index (χ2n) is 5.30. The summed E-state index contributed by atoms with van der Waals surface area (Å²) in [6.45, 7) is 2.44. The summed E-state index contributed by atoms with van der Waals surface area (Å²) in [5.41, 5.74) is 4.90. The van der Waals surface area contributed by atoms with Crippen LogP contribution in [0.3, 0.4) is 0 Å². The van der Waals surface area contributed by atoms with Crippen molar-refractivity contribution in [2.75, 3.05) is 13.1 Å².